The van der Waals surface area contributed by atoms with Crippen LogP contribution in [0.25, 0.3) is 0 Å². The van der Waals surface area contributed by atoms with Crippen LogP contribution >= 0.6 is 11.8 Å². The van der Waals surface area contributed by atoms with Gasteiger partial charge >= 0.3 is 6.03 Å². The molecule has 1 aromatic carbocycles. The lowest BCUT2D eigenvalue weighted by atomic mass is 10.2. The molecule has 0 bridgehead atoms. The van der Waals surface area contributed by atoms with Gasteiger partial charge in [0, 0.05) is 7.05 Å². The van der Waals surface area contributed by atoms with E-state index in [4.69, 9.17) is 9.47 Å². The maximum Gasteiger partial charge on any atom is 0.321 e. The summed E-state index contributed by atoms with van der Waals surface area (Å²) in [6.07, 6.45) is -0.324. The molecule has 2 heterocycles. The maximum atomic E-state index is 11.8. The molecule has 132 valence electrons. The Hall–Kier alpha value is -2.82. The van der Waals surface area contributed by atoms with Gasteiger partial charge in [0.15, 0.2) is 17.6 Å². The highest BCUT2D eigenvalue weighted by atomic mass is 32.2. The molecule has 0 saturated carbocycles. The number of carbonyl (C=O) groups excluding carboxylic acids is 2. The van der Waals surface area contributed by atoms with Gasteiger partial charge in [-0.15, -0.1) is 5.10 Å². The third-order valence-corrected chi connectivity index (χ3v) is 4.23. The third kappa shape index (κ3) is 4.59. The number of rotatable bonds is 5. The van der Waals surface area contributed by atoms with Crippen LogP contribution in [0.2, 0.25) is 0 Å². The minimum Gasteiger partial charge on any atom is -0.486 e. The van der Waals surface area contributed by atoms with Crippen LogP contribution in [0, 0.1) is 0 Å². The van der Waals surface area contributed by atoms with E-state index in [1.54, 1.807) is 13.1 Å². The highest BCUT2D eigenvalue weighted by Gasteiger charge is 2.21. The van der Waals surface area contributed by atoms with Gasteiger partial charge in [-0.3, -0.25) is 10.1 Å². The summed E-state index contributed by atoms with van der Waals surface area (Å²) in [5, 5.41) is 16.2. The van der Waals surface area contributed by atoms with Crippen LogP contribution in [0.1, 0.15) is 0 Å². The normalized spacial score (nSPS) is 15.5. The molecule has 1 aromatic heterocycles. The number of para-hydroxylation sites is 2. The molecule has 10 nitrogen and oxygen atoms in total. The molecule has 2 aromatic rings. The average Bonchev–Trinajstić information content (AvgIpc) is 3.03. The van der Waals surface area contributed by atoms with Crippen molar-refractivity contribution in [3.63, 3.8) is 0 Å². The second kappa shape index (κ2) is 7.83. The van der Waals surface area contributed by atoms with E-state index in [2.05, 4.69) is 26.2 Å². The van der Waals surface area contributed by atoms with Crippen molar-refractivity contribution < 1.29 is 19.1 Å². The first kappa shape index (κ1) is 17.0. The first-order chi connectivity index (χ1) is 12.1. The van der Waals surface area contributed by atoms with Gasteiger partial charge in [-0.05, 0) is 22.6 Å². The second-order valence-electron chi connectivity index (χ2n) is 5.13. The van der Waals surface area contributed by atoms with Crippen molar-refractivity contribution in [2.45, 2.75) is 11.3 Å². The number of imide groups is 1. The number of carbonyl (C=O) groups is 2. The van der Waals surface area contributed by atoms with Gasteiger partial charge in [0.05, 0.1) is 12.3 Å². The number of aryl methyl sites for hydroxylation is 1. The summed E-state index contributed by atoms with van der Waals surface area (Å²) in [4.78, 5) is 23.5. The van der Waals surface area contributed by atoms with Crippen molar-refractivity contribution in [1.82, 2.24) is 30.8 Å². The molecule has 3 amide bonds. The molecule has 25 heavy (non-hydrogen) atoms. The van der Waals surface area contributed by atoms with Crippen molar-refractivity contribution >= 4 is 23.7 Å². The number of thioether (sulfide) groups is 1. The molecule has 2 N–H and O–H groups in total. The summed E-state index contributed by atoms with van der Waals surface area (Å²) in [7, 11) is 1.66. The number of tetrazole rings is 1. The van der Waals surface area contributed by atoms with Crippen LogP contribution in [0.5, 0.6) is 11.5 Å². The Bertz CT molecular complexity index is 767. The van der Waals surface area contributed by atoms with Crippen molar-refractivity contribution in [3.8, 4) is 11.5 Å². The smallest absolute Gasteiger partial charge is 0.321 e. The fourth-order valence-electron chi connectivity index (χ4n) is 2.05. The Kier molecular flexibility index (Phi) is 5.33. The van der Waals surface area contributed by atoms with Gasteiger partial charge < -0.3 is 14.8 Å². The number of nitrogens with one attached hydrogen (secondary N) is 2. The zero-order valence-electron chi connectivity index (χ0n) is 13.3. The minimum absolute atomic E-state index is 0.0258. The van der Waals surface area contributed by atoms with Crippen molar-refractivity contribution in [2.75, 3.05) is 18.9 Å². The van der Waals surface area contributed by atoms with Crippen LogP contribution in [0.4, 0.5) is 4.79 Å². The standard InChI is InChI=1S/C14H16N6O4S/c1-20-14(17-18-19-20)25-8-12(21)16-13(22)15-6-9-7-23-10-4-2-3-5-11(10)24-9/h2-5,9H,6-8H2,1H3,(H2,15,16,21,22). The number of ether oxygens (including phenoxy) is 2. The summed E-state index contributed by atoms with van der Waals surface area (Å²) < 4.78 is 12.7. The molecule has 11 heteroatoms. The molecule has 1 aliphatic rings. The molecule has 0 aliphatic carbocycles. The largest absolute Gasteiger partial charge is 0.486 e. The topological polar surface area (TPSA) is 120 Å². The van der Waals surface area contributed by atoms with Crippen LogP contribution in [-0.4, -0.2) is 57.2 Å². The predicted molar refractivity (Wildman–Crippen MR) is 87.4 cm³/mol. The van der Waals surface area contributed by atoms with E-state index in [0.29, 0.717) is 23.3 Å². The number of amides is 3. The molecular weight excluding hydrogens is 348 g/mol. The van der Waals surface area contributed by atoms with E-state index in [0.717, 1.165) is 11.8 Å². The Morgan fingerprint density at radius 3 is 2.92 bits per heavy atom. The quantitative estimate of drug-likeness (QED) is 0.710. The van der Waals surface area contributed by atoms with Crippen molar-refractivity contribution in [2.24, 2.45) is 7.05 Å². The van der Waals surface area contributed by atoms with E-state index in [9.17, 15) is 9.59 Å². The summed E-state index contributed by atoms with van der Waals surface area (Å²) in [6, 6.07) is 6.71. The molecular formula is C14H16N6O4S. The molecule has 0 saturated heterocycles. The summed E-state index contributed by atoms with van der Waals surface area (Å²) in [5.74, 6) is 0.883. The molecule has 0 fully saturated rings. The van der Waals surface area contributed by atoms with Gasteiger partial charge in [0.1, 0.15) is 6.61 Å². The zero-order chi connectivity index (χ0) is 17.6. The van der Waals surface area contributed by atoms with Crippen LogP contribution < -0.4 is 20.1 Å². The van der Waals surface area contributed by atoms with Gasteiger partial charge in [0.25, 0.3) is 0 Å². The lowest BCUT2D eigenvalue weighted by Gasteiger charge is -2.26. The highest BCUT2D eigenvalue weighted by Crippen LogP contribution is 2.30. The SMILES string of the molecule is Cn1nnnc1SCC(=O)NC(=O)NCC1COc2ccccc2O1. The third-order valence-electron chi connectivity index (χ3n) is 3.22. The Balaban J connectivity index is 1.38. The summed E-state index contributed by atoms with van der Waals surface area (Å²) in [6.45, 7) is 0.536. The van der Waals surface area contributed by atoms with E-state index < -0.39 is 11.9 Å². The van der Waals surface area contributed by atoms with Gasteiger partial charge in [-0.1, -0.05) is 23.9 Å². The molecule has 1 atom stereocenters. The van der Waals surface area contributed by atoms with E-state index in [-0.39, 0.29) is 18.4 Å². The number of benzene rings is 1. The fourth-order valence-corrected chi connectivity index (χ4v) is 2.70. The van der Waals surface area contributed by atoms with Crippen molar-refractivity contribution in [3.05, 3.63) is 24.3 Å². The van der Waals surface area contributed by atoms with E-state index in [1.165, 1.54) is 4.68 Å². The van der Waals surface area contributed by atoms with Gasteiger partial charge in [-0.25, -0.2) is 9.48 Å². The van der Waals surface area contributed by atoms with Gasteiger partial charge in [-0.2, -0.15) is 0 Å². The first-order valence-corrected chi connectivity index (χ1v) is 8.41. The van der Waals surface area contributed by atoms with Crippen LogP contribution in [0.15, 0.2) is 29.4 Å². The van der Waals surface area contributed by atoms with Crippen molar-refractivity contribution in [1.29, 1.82) is 0 Å². The average molecular weight is 364 g/mol. The first-order valence-electron chi connectivity index (χ1n) is 7.43. The monoisotopic (exact) mass is 364 g/mol. The lowest BCUT2D eigenvalue weighted by molar-refractivity contribution is -0.117. The number of aromatic nitrogens is 4. The number of urea groups is 1. The summed E-state index contributed by atoms with van der Waals surface area (Å²) >= 11 is 1.13. The van der Waals surface area contributed by atoms with E-state index >= 15 is 0 Å². The highest BCUT2D eigenvalue weighted by molar-refractivity contribution is 7.99. The molecule has 1 aliphatic heterocycles. The van der Waals surface area contributed by atoms with Gasteiger partial charge in [0.2, 0.25) is 11.1 Å². The predicted octanol–water partition coefficient (Wildman–Crippen LogP) is -0.0320. The maximum absolute atomic E-state index is 11.8. The lowest BCUT2D eigenvalue weighted by Crippen LogP contribution is -2.46. The minimum atomic E-state index is -0.593. The Morgan fingerprint density at radius 1 is 1.36 bits per heavy atom. The fraction of sp³-hybridized carbons (Fsp3) is 0.357. The second-order valence-corrected chi connectivity index (χ2v) is 6.07. The van der Waals surface area contributed by atoms with Crippen LogP contribution in [0.3, 0.4) is 0 Å². The Labute approximate surface area is 147 Å². The number of nitrogens with zero attached hydrogens (tertiary/aromatic N) is 4. The summed E-state index contributed by atoms with van der Waals surface area (Å²) in [5.41, 5.74) is 0. The van der Waals surface area contributed by atoms with Crippen LogP contribution in [-0.2, 0) is 11.8 Å². The number of hydrogen-bond acceptors (Lipinski definition) is 8. The molecule has 3 rings (SSSR count). The van der Waals surface area contributed by atoms with E-state index in [1.807, 2.05) is 18.2 Å². The molecule has 1 unspecified atom stereocenters. The molecule has 0 radical (unpaired) electrons. The molecule has 0 spiro atoms. The number of hydrogen-bond donors (Lipinski definition) is 2. The zero-order valence-corrected chi connectivity index (χ0v) is 14.2. The number of fused-ring (bicyclic) bond motifs is 1. The Morgan fingerprint density at radius 2 is 2.16 bits per heavy atom.